The van der Waals surface area contributed by atoms with Gasteiger partial charge in [-0.25, -0.2) is 0 Å². The Balaban J connectivity index is 2.01. The first kappa shape index (κ1) is 14.4. The van der Waals surface area contributed by atoms with Gasteiger partial charge in [-0.15, -0.1) is 0 Å². The fourth-order valence-corrected chi connectivity index (χ4v) is 2.89. The van der Waals surface area contributed by atoms with E-state index in [2.05, 4.69) is 37.7 Å². The molecule has 0 aromatic heterocycles. The number of hydrogen-bond acceptors (Lipinski definition) is 3. The second-order valence-corrected chi connectivity index (χ2v) is 6.27. The van der Waals surface area contributed by atoms with E-state index in [0.29, 0.717) is 5.92 Å². The van der Waals surface area contributed by atoms with Gasteiger partial charge in [0.05, 0.1) is 5.56 Å². The third kappa shape index (κ3) is 3.53. The lowest BCUT2D eigenvalue weighted by Gasteiger charge is -2.32. The van der Waals surface area contributed by atoms with Crippen molar-refractivity contribution in [3.63, 3.8) is 0 Å². The summed E-state index contributed by atoms with van der Waals surface area (Å²) < 4.78 is 0. The zero-order chi connectivity index (χ0) is 14.8. The maximum atomic E-state index is 12.0. The first-order valence-electron chi connectivity index (χ1n) is 6.93. The average Bonchev–Trinajstić information content (AvgIpc) is 2.34. The summed E-state index contributed by atoms with van der Waals surface area (Å²) >= 11 is 0. The number of carbonyl (C=O) groups excluding carboxylic acids is 1. The lowest BCUT2D eigenvalue weighted by Crippen LogP contribution is -2.39. The SMILES string of the molecule is C[C@@H]1CC(NNC(=O)c2ccccc2O)=CC(C)(C)C1. The molecule has 0 saturated heterocycles. The highest BCUT2D eigenvalue weighted by atomic mass is 16.3. The zero-order valence-electron chi connectivity index (χ0n) is 12.2. The summed E-state index contributed by atoms with van der Waals surface area (Å²) in [6, 6.07) is 6.50. The quantitative estimate of drug-likeness (QED) is 0.743. The number of phenolic OH excluding ortho intramolecular Hbond substituents is 1. The number of hydrogen-bond donors (Lipinski definition) is 3. The molecule has 0 unspecified atom stereocenters. The number of aromatic hydroxyl groups is 1. The highest BCUT2D eigenvalue weighted by Crippen LogP contribution is 2.35. The largest absolute Gasteiger partial charge is 0.507 e. The number of hydrazine groups is 1. The molecule has 4 heteroatoms. The van der Waals surface area contributed by atoms with E-state index in [4.69, 9.17) is 0 Å². The van der Waals surface area contributed by atoms with Crippen molar-refractivity contribution < 1.29 is 9.90 Å². The molecule has 1 aromatic rings. The number of phenols is 1. The van der Waals surface area contributed by atoms with Crippen molar-refractivity contribution in [3.8, 4) is 5.75 Å². The highest BCUT2D eigenvalue weighted by molar-refractivity contribution is 5.96. The zero-order valence-corrected chi connectivity index (χ0v) is 12.2. The van der Waals surface area contributed by atoms with Crippen LogP contribution < -0.4 is 10.9 Å². The Bertz CT molecular complexity index is 535. The van der Waals surface area contributed by atoms with Crippen LogP contribution in [0.3, 0.4) is 0 Å². The lowest BCUT2D eigenvalue weighted by atomic mass is 9.76. The van der Waals surface area contributed by atoms with Gasteiger partial charge in [-0.1, -0.05) is 39.0 Å². The molecule has 0 bridgehead atoms. The Labute approximate surface area is 119 Å². The molecule has 3 N–H and O–H groups in total. The fourth-order valence-electron chi connectivity index (χ4n) is 2.89. The monoisotopic (exact) mass is 274 g/mol. The van der Waals surface area contributed by atoms with Crippen molar-refractivity contribution in [1.82, 2.24) is 10.9 Å². The van der Waals surface area contributed by atoms with Crippen LogP contribution in [0.25, 0.3) is 0 Å². The Morgan fingerprint density at radius 1 is 1.35 bits per heavy atom. The Hall–Kier alpha value is -1.97. The summed E-state index contributed by atoms with van der Waals surface area (Å²) in [4.78, 5) is 12.0. The van der Waals surface area contributed by atoms with E-state index in [1.54, 1.807) is 18.2 Å². The van der Waals surface area contributed by atoms with Crippen LogP contribution in [0.2, 0.25) is 0 Å². The van der Waals surface area contributed by atoms with E-state index in [0.717, 1.165) is 18.5 Å². The van der Waals surface area contributed by atoms with Crippen molar-refractivity contribution in [3.05, 3.63) is 41.6 Å². The van der Waals surface area contributed by atoms with Gasteiger partial charge in [-0.05, 0) is 36.3 Å². The minimum atomic E-state index is -0.333. The Kier molecular flexibility index (Phi) is 4.02. The second kappa shape index (κ2) is 5.57. The number of para-hydroxylation sites is 1. The lowest BCUT2D eigenvalue weighted by molar-refractivity contribution is 0.0933. The third-order valence-electron chi connectivity index (χ3n) is 3.49. The first-order valence-corrected chi connectivity index (χ1v) is 6.93. The summed E-state index contributed by atoms with van der Waals surface area (Å²) in [5, 5.41) is 9.64. The van der Waals surface area contributed by atoms with Crippen LogP contribution in [0.5, 0.6) is 5.75 Å². The van der Waals surface area contributed by atoms with E-state index in [9.17, 15) is 9.90 Å². The summed E-state index contributed by atoms with van der Waals surface area (Å²) in [6.45, 7) is 6.59. The predicted molar refractivity (Wildman–Crippen MR) is 79.0 cm³/mol. The van der Waals surface area contributed by atoms with Gasteiger partial charge in [0.25, 0.3) is 5.91 Å². The van der Waals surface area contributed by atoms with Crippen LogP contribution in [0, 0.1) is 11.3 Å². The van der Waals surface area contributed by atoms with Gasteiger partial charge >= 0.3 is 0 Å². The first-order chi connectivity index (χ1) is 9.37. The van der Waals surface area contributed by atoms with E-state index >= 15 is 0 Å². The summed E-state index contributed by atoms with van der Waals surface area (Å²) in [6.07, 6.45) is 4.23. The van der Waals surface area contributed by atoms with Crippen LogP contribution in [0.4, 0.5) is 0 Å². The fraction of sp³-hybridized carbons (Fsp3) is 0.438. The molecule has 1 aliphatic carbocycles. The minimum Gasteiger partial charge on any atom is -0.507 e. The average molecular weight is 274 g/mol. The van der Waals surface area contributed by atoms with Crippen molar-refractivity contribution in [2.75, 3.05) is 0 Å². The van der Waals surface area contributed by atoms with Crippen LogP contribution in [-0.4, -0.2) is 11.0 Å². The van der Waals surface area contributed by atoms with E-state index in [1.165, 1.54) is 6.07 Å². The number of rotatable bonds is 3. The smallest absolute Gasteiger partial charge is 0.273 e. The normalized spacial score (nSPS) is 20.9. The molecule has 1 amide bonds. The maximum absolute atomic E-state index is 12.0. The van der Waals surface area contributed by atoms with Crippen LogP contribution in [0.15, 0.2) is 36.0 Å². The van der Waals surface area contributed by atoms with Gasteiger partial charge in [-0.3, -0.25) is 10.2 Å². The van der Waals surface area contributed by atoms with Gasteiger partial charge in [-0.2, -0.15) is 0 Å². The Morgan fingerprint density at radius 2 is 2.05 bits per heavy atom. The summed E-state index contributed by atoms with van der Waals surface area (Å²) in [5.74, 6) is 0.234. The summed E-state index contributed by atoms with van der Waals surface area (Å²) in [7, 11) is 0. The van der Waals surface area contributed by atoms with Gasteiger partial charge in [0, 0.05) is 5.70 Å². The van der Waals surface area contributed by atoms with Gasteiger partial charge < -0.3 is 10.5 Å². The maximum Gasteiger partial charge on any atom is 0.273 e. The molecule has 0 radical (unpaired) electrons. The molecule has 1 aromatic carbocycles. The molecule has 108 valence electrons. The number of nitrogens with one attached hydrogen (secondary N) is 2. The van der Waals surface area contributed by atoms with Crippen molar-refractivity contribution in [2.45, 2.75) is 33.6 Å². The van der Waals surface area contributed by atoms with Gasteiger partial charge in [0.2, 0.25) is 0 Å². The highest BCUT2D eigenvalue weighted by Gasteiger charge is 2.25. The van der Waals surface area contributed by atoms with E-state index in [-0.39, 0.29) is 22.6 Å². The molecule has 0 saturated carbocycles. The van der Waals surface area contributed by atoms with Gasteiger partial charge in [0.15, 0.2) is 0 Å². The van der Waals surface area contributed by atoms with E-state index < -0.39 is 0 Å². The number of benzene rings is 1. The van der Waals surface area contributed by atoms with Crippen LogP contribution >= 0.6 is 0 Å². The molecule has 0 aliphatic heterocycles. The molecule has 0 spiro atoms. The summed E-state index contributed by atoms with van der Waals surface area (Å²) in [5.41, 5.74) is 7.07. The predicted octanol–water partition coefficient (Wildman–Crippen LogP) is 2.97. The third-order valence-corrected chi connectivity index (χ3v) is 3.49. The minimum absolute atomic E-state index is 0.0156. The topological polar surface area (TPSA) is 61.4 Å². The molecule has 20 heavy (non-hydrogen) atoms. The van der Waals surface area contributed by atoms with Crippen LogP contribution in [0.1, 0.15) is 44.0 Å². The van der Waals surface area contributed by atoms with Gasteiger partial charge in [0.1, 0.15) is 5.75 Å². The number of carbonyl (C=O) groups is 1. The van der Waals surface area contributed by atoms with Crippen molar-refractivity contribution in [1.29, 1.82) is 0 Å². The molecule has 0 heterocycles. The molecular weight excluding hydrogens is 252 g/mol. The Morgan fingerprint density at radius 3 is 2.70 bits per heavy atom. The van der Waals surface area contributed by atoms with Crippen molar-refractivity contribution >= 4 is 5.91 Å². The number of amides is 1. The molecule has 1 atom stereocenters. The number of allylic oxidation sites excluding steroid dienone is 2. The van der Waals surface area contributed by atoms with Crippen molar-refractivity contribution in [2.24, 2.45) is 11.3 Å². The molecular formula is C16H22N2O2. The van der Waals surface area contributed by atoms with E-state index in [1.807, 2.05) is 0 Å². The molecule has 1 aliphatic rings. The molecule has 4 nitrogen and oxygen atoms in total. The second-order valence-electron chi connectivity index (χ2n) is 6.27. The molecule has 2 rings (SSSR count). The van der Waals surface area contributed by atoms with Crippen LogP contribution in [-0.2, 0) is 0 Å². The molecule has 0 fully saturated rings. The standard InChI is InChI=1S/C16H22N2O2/c1-11-8-12(10-16(2,3)9-11)17-18-15(20)13-6-4-5-7-14(13)19/h4-7,10-11,17,19H,8-9H2,1-3H3,(H,18,20)/t11-/m1/s1.